The molecule has 0 aromatic heterocycles. The maximum atomic E-state index is 11.2. The number of rotatable bonds is 28. The number of hydrogen-bond donors (Lipinski definition) is 2. The molecular formula is C34H71NO4Si. The topological polar surface area (TPSA) is 70.0 Å². The van der Waals surface area contributed by atoms with E-state index in [0.717, 1.165) is 25.8 Å². The second kappa shape index (κ2) is 24.1. The molecule has 0 aliphatic rings. The molecule has 0 spiro atoms. The summed E-state index contributed by atoms with van der Waals surface area (Å²) in [4.78, 5) is 13.5. The van der Waals surface area contributed by atoms with Gasteiger partial charge in [-0.3, -0.25) is 9.69 Å². The molecule has 0 saturated carbocycles. The third-order valence-electron chi connectivity index (χ3n) is 8.83. The molecule has 0 saturated heterocycles. The Morgan fingerprint density at radius 2 is 1.18 bits per heavy atom. The lowest BCUT2D eigenvalue weighted by atomic mass is 10.0. The quantitative estimate of drug-likeness (QED) is 0.0706. The first-order chi connectivity index (χ1) is 18.9. The molecule has 5 nitrogen and oxygen atoms in total. The van der Waals surface area contributed by atoms with Crippen molar-refractivity contribution in [2.75, 3.05) is 19.6 Å². The Bertz CT molecular complexity index is 593. The SMILES string of the molecule is CCCCCCCCCC[C@@H](O)CN(CCCC(=O)O)C[C@@H](CCCCCCCCCC)O[Si](C)(C)C(C)(C)C. The minimum absolute atomic E-state index is 0.140. The van der Waals surface area contributed by atoms with Crippen molar-refractivity contribution in [2.45, 2.75) is 193 Å². The van der Waals surface area contributed by atoms with Crippen molar-refractivity contribution < 1.29 is 19.4 Å². The van der Waals surface area contributed by atoms with E-state index in [1.165, 1.54) is 96.3 Å². The van der Waals surface area contributed by atoms with Gasteiger partial charge in [0, 0.05) is 19.5 Å². The van der Waals surface area contributed by atoms with Crippen molar-refractivity contribution in [2.24, 2.45) is 0 Å². The standard InChI is InChI=1S/C34H71NO4Si/c1-8-10-12-14-16-18-20-22-25-31(36)29-35(28-24-27-33(37)38)30-32(39-40(6,7)34(3,4)5)26-23-21-19-17-15-13-11-9-2/h31-32,36H,8-30H2,1-7H3,(H,37,38)/t31-,32-/m1/s1. The fourth-order valence-corrected chi connectivity index (χ4v) is 6.57. The number of aliphatic carboxylic acids is 1. The van der Waals surface area contributed by atoms with Gasteiger partial charge in [-0.25, -0.2) is 0 Å². The summed E-state index contributed by atoms with van der Waals surface area (Å²) < 4.78 is 6.95. The molecule has 40 heavy (non-hydrogen) atoms. The molecule has 2 atom stereocenters. The van der Waals surface area contributed by atoms with Crippen LogP contribution in [0.2, 0.25) is 18.1 Å². The second-order valence-corrected chi connectivity index (χ2v) is 18.7. The van der Waals surface area contributed by atoms with Crippen molar-refractivity contribution >= 4 is 14.3 Å². The summed E-state index contributed by atoms with van der Waals surface area (Å²) in [5.41, 5.74) is 0. The van der Waals surface area contributed by atoms with Crippen molar-refractivity contribution in [3.05, 3.63) is 0 Å². The normalized spacial score (nSPS) is 14.1. The molecule has 2 N–H and O–H groups in total. The predicted octanol–water partition coefficient (Wildman–Crippen LogP) is 9.97. The van der Waals surface area contributed by atoms with Crippen molar-refractivity contribution in [1.82, 2.24) is 4.90 Å². The molecule has 0 aliphatic heterocycles. The van der Waals surface area contributed by atoms with Crippen LogP contribution in [0.15, 0.2) is 0 Å². The van der Waals surface area contributed by atoms with Gasteiger partial charge in [0.2, 0.25) is 0 Å². The average molecular weight is 586 g/mol. The van der Waals surface area contributed by atoms with Crippen LogP contribution in [0.25, 0.3) is 0 Å². The third kappa shape index (κ3) is 22.2. The predicted molar refractivity (Wildman–Crippen MR) is 176 cm³/mol. The molecule has 0 aromatic carbocycles. The van der Waals surface area contributed by atoms with E-state index in [0.29, 0.717) is 19.5 Å². The number of nitrogens with zero attached hydrogens (tertiary/aromatic N) is 1. The van der Waals surface area contributed by atoms with Crippen LogP contribution in [-0.2, 0) is 9.22 Å². The molecule has 0 aromatic rings. The van der Waals surface area contributed by atoms with Gasteiger partial charge < -0.3 is 14.6 Å². The van der Waals surface area contributed by atoms with E-state index in [2.05, 4.69) is 52.6 Å². The van der Waals surface area contributed by atoms with Crippen LogP contribution in [0.1, 0.15) is 163 Å². The lowest BCUT2D eigenvalue weighted by molar-refractivity contribution is -0.137. The molecule has 0 aliphatic carbocycles. The van der Waals surface area contributed by atoms with Gasteiger partial charge in [0.1, 0.15) is 0 Å². The molecule has 0 bridgehead atoms. The molecule has 0 amide bonds. The Kier molecular flexibility index (Phi) is 23.8. The smallest absolute Gasteiger partial charge is 0.303 e. The van der Waals surface area contributed by atoms with Crippen molar-refractivity contribution in [3.8, 4) is 0 Å². The molecule has 0 rings (SSSR count). The number of aliphatic hydroxyl groups excluding tert-OH is 1. The van der Waals surface area contributed by atoms with Gasteiger partial charge in [0.15, 0.2) is 8.32 Å². The third-order valence-corrected chi connectivity index (χ3v) is 13.4. The first-order valence-electron chi connectivity index (χ1n) is 17.2. The van der Waals surface area contributed by atoms with E-state index in [-0.39, 0.29) is 23.7 Å². The summed E-state index contributed by atoms with van der Waals surface area (Å²) in [6.45, 7) is 18.2. The van der Waals surface area contributed by atoms with E-state index in [1.54, 1.807) is 0 Å². The minimum atomic E-state index is -1.94. The molecule has 0 radical (unpaired) electrons. The highest BCUT2D eigenvalue weighted by molar-refractivity contribution is 6.74. The van der Waals surface area contributed by atoms with Gasteiger partial charge in [0.05, 0.1) is 12.2 Å². The van der Waals surface area contributed by atoms with Crippen LogP contribution in [-0.4, -0.2) is 61.2 Å². The number of carboxylic acid groups (broad SMARTS) is 1. The summed E-state index contributed by atoms with van der Waals surface area (Å²) in [5, 5.41) is 20.3. The largest absolute Gasteiger partial charge is 0.481 e. The van der Waals surface area contributed by atoms with Crippen LogP contribution in [0.5, 0.6) is 0 Å². The number of aliphatic hydroxyl groups is 1. The van der Waals surface area contributed by atoms with Crippen LogP contribution in [0.4, 0.5) is 0 Å². The Morgan fingerprint density at radius 3 is 1.62 bits per heavy atom. The number of hydrogen-bond acceptors (Lipinski definition) is 4. The van der Waals surface area contributed by atoms with Crippen LogP contribution < -0.4 is 0 Å². The van der Waals surface area contributed by atoms with Gasteiger partial charge in [-0.2, -0.15) is 0 Å². The zero-order valence-corrected chi connectivity index (χ0v) is 29.1. The molecule has 0 unspecified atom stereocenters. The Balaban J connectivity index is 4.99. The van der Waals surface area contributed by atoms with E-state index in [1.807, 2.05) is 0 Å². The highest BCUT2D eigenvalue weighted by Crippen LogP contribution is 2.38. The molecule has 0 fully saturated rings. The van der Waals surface area contributed by atoms with Gasteiger partial charge in [-0.15, -0.1) is 0 Å². The van der Waals surface area contributed by atoms with Crippen molar-refractivity contribution in [1.29, 1.82) is 0 Å². The fourth-order valence-electron chi connectivity index (χ4n) is 5.19. The van der Waals surface area contributed by atoms with Crippen LogP contribution in [0, 0.1) is 0 Å². The zero-order valence-electron chi connectivity index (χ0n) is 28.1. The van der Waals surface area contributed by atoms with Gasteiger partial charge in [0.25, 0.3) is 0 Å². The highest BCUT2D eigenvalue weighted by Gasteiger charge is 2.39. The molecule has 0 heterocycles. The van der Waals surface area contributed by atoms with E-state index >= 15 is 0 Å². The zero-order chi connectivity index (χ0) is 30.3. The van der Waals surface area contributed by atoms with Gasteiger partial charge in [-0.05, 0) is 43.9 Å². The molecule has 240 valence electrons. The number of unbranched alkanes of at least 4 members (excludes halogenated alkanes) is 14. The summed E-state index contributed by atoms with van der Waals surface area (Å²) in [7, 11) is -1.94. The average Bonchev–Trinajstić information content (AvgIpc) is 2.86. The maximum absolute atomic E-state index is 11.2. The Morgan fingerprint density at radius 1 is 0.725 bits per heavy atom. The summed E-state index contributed by atoms with van der Waals surface area (Å²) in [5.74, 6) is -0.743. The van der Waals surface area contributed by atoms with Crippen LogP contribution >= 0.6 is 0 Å². The lowest BCUT2D eigenvalue weighted by Gasteiger charge is -2.41. The molecule has 6 heteroatoms. The monoisotopic (exact) mass is 586 g/mol. The molecular weight excluding hydrogens is 514 g/mol. The van der Waals surface area contributed by atoms with E-state index in [4.69, 9.17) is 4.43 Å². The lowest BCUT2D eigenvalue weighted by Crippen LogP contribution is -2.48. The summed E-state index contributed by atoms with van der Waals surface area (Å²) in [6.07, 6.45) is 23.0. The fraction of sp³-hybridized carbons (Fsp3) is 0.971. The maximum Gasteiger partial charge on any atom is 0.303 e. The number of carboxylic acids is 1. The summed E-state index contributed by atoms with van der Waals surface area (Å²) in [6, 6.07) is 0. The van der Waals surface area contributed by atoms with Crippen LogP contribution in [0.3, 0.4) is 0 Å². The summed E-state index contributed by atoms with van der Waals surface area (Å²) >= 11 is 0. The Labute approximate surface area is 251 Å². The van der Waals surface area contributed by atoms with Gasteiger partial charge >= 0.3 is 5.97 Å². The van der Waals surface area contributed by atoms with E-state index < -0.39 is 14.3 Å². The highest BCUT2D eigenvalue weighted by atomic mass is 28.4. The second-order valence-electron chi connectivity index (χ2n) is 13.9. The Hall–Kier alpha value is -0.433. The first kappa shape index (κ1) is 39.6. The van der Waals surface area contributed by atoms with Gasteiger partial charge in [-0.1, -0.05) is 137 Å². The van der Waals surface area contributed by atoms with Crippen molar-refractivity contribution in [3.63, 3.8) is 0 Å². The minimum Gasteiger partial charge on any atom is -0.481 e. The first-order valence-corrected chi connectivity index (χ1v) is 20.1. The van der Waals surface area contributed by atoms with E-state index in [9.17, 15) is 15.0 Å². The number of carbonyl (C=O) groups is 1.